The third kappa shape index (κ3) is 1.99. The van der Waals surface area contributed by atoms with Crippen LogP contribution in [0.1, 0.15) is 11.3 Å². The normalized spacial score (nSPS) is 22.5. The van der Waals surface area contributed by atoms with Gasteiger partial charge in [-0.2, -0.15) is 0 Å². The van der Waals surface area contributed by atoms with Gasteiger partial charge in [0, 0.05) is 15.7 Å². The summed E-state index contributed by atoms with van der Waals surface area (Å²) in [5.74, 6) is 0. The SMILES string of the molecule is Clc1ccc(C2(c3ccc(Br)cn3)CO2)cc1. The minimum absolute atomic E-state index is 0.370. The third-order valence-corrected chi connectivity index (χ3v) is 3.61. The smallest absolute Gasteiger partial charge is 0.158 e. The molecule has 17 heavy (non-hydrogen) atoms. The lowest BCUT2D eigenvalue weighted by Gasteiger charge is -2.11. The van der Waals surface area contributed by atoms with E-state index in [-0.39, 0.29) is 5.60 Å². The van der Waals surface area contributed by atoms with Crippen LogP contribution in [-0.4, -0.2) is 11.6 Å². The van der Waals surface area contributed by atoms with Crippen LogP contribution >= 0.6 is 27.5 Å². The molecular formula is C13H9BrClNO. The number of benzene rings is 1. The highest BCUT2D eigenvalue weighted by Gasteiger charge is 2.49. The topological polar surface area (TPSA) is 25.4 Å². The molecule has 4 heteroatoms. The molecule has 0 spiro atoms. The highest BCUT2D eigenvalue weighted by molar-refractivity contribution is 9.10. The summed E-state index contributed by atoms with van der Waals surface area (Å²) in [6, 6.07) is 11.7. The third-order valence-electron chi connectivity index (χ3n) is 2.88. The molecular weight excluding hydrogens is 302 g/mol. The van der Waals surface area contributed by atoms with Crippen LogP contribution in [0, 0.1) is 0 Å². The van der Waals surface area contributed by atoms with Gasteiger partial charge in [0.05, 0.1) is 12.3 Å². The summed E-state index contributed by atoms with van der Waals surface area (Å²) in [5.41, 5.74) is 1.66. The molecule has 0 saturated carbocycles. The zero-order valence-electron chi connectivity index (χ0n) is 8.86. The standard InChI is InChI=1S/C13H9BrClNO/c14-10-3-6-12(16-7-10)13(8-17-13)9-1-4-11(15)5-2-9/h1-7H,8H2. The quantitative estimate of drug-likeness (QED) is 0.789. The van der Waals surface area contributed by atoms with Gasteiger partial charge in [-0.1, -0.05) is 23.7 Å². The Morgan fingerprint density at radius 1 is 1.18 bits per heavy atom. The number of nitrogens with zero attached hydrogens (tertiary/aromatic N) is 1. The first-order valence-corrected chi connectivity index (χ1v) is 6.40. The van der Waals surface area contributed by atoms with Gasteiger partial charge >= 0.3 is 0 Å². The number of pyridine rings is 1. The second-order valence-corrected chi connectivity index (χ2v) is 5.34. The van der Waals surface area contributed by atoms with E-state index in [0.29, 0.717) is 6.61 Å². The largest absolute Gasteiger partial charge is 0.358 e. The number of aromatic nitrogens is 1. The van der Waals surface area contributed by atoms with Crippen LogP contribution in [0.2, 0.25) is 5.02 Å². The van der Waals surface area contributed by atoms with E-state index in [2.05, 4.69) is 20.9 Å². The highest BCUT2D eigenvalue weighted by atomic mass is 79.9. The Hall–Kier alpha value is -0.900. The van der Waals surface area contributed by atoms with Gasteiger partial charge in [-0.25, -0.2) is 0 Å². The lowest BCUT2D eigenvalue weighted by molar-refractivity contribution is 0.343. The number of ether oxygens (including phenoxy) is 1. The fraction of sp³-hybridized carbons (Fsp3) is 0.154. The molecule has 0 bridgehead atoms. The van der Waals surface area contributed by atoms with Gasteiger partial charge in [0.2, 0.25) is 0 Å². The molecule has 3 rings (SSSR count). The monoisotopic (exact) mass is 309 g/mol. The molecule has 1 aliphatic heterocycles. The molecule has 1 fully saturated rings. The summed E-state index contributed by atoms with van der Waals surface area (Å²) in [7, 11) is 0. The molecule has 0 amide bonds. The molecule has 1 atom stereocenters. The molecule has 1 aliphatic rings. The second-order valence-electron chi connectivity index (χ2n) is 3.98. The van der Waals surface area contributed by atoms with Gasteiger partial charge in [0.25, 0.3) is 0 Å². The lowest BCUT2D eigenvalue weighted by atomic mass is 9.96. The van der Waals surface area contributed by atoms with Gasteiger partial charge in [-0.05, 0) is 45.8 Å². The van der Waals surface area contributed by atoms with Crippen LogP contribution in [0.4, 0.5) is 0 Å². The molecule has 1 saturated heterocycles. The van der Waals surface area contributed by atoms with Crippen molar-refractivity contribution in [3.05, 3.63) is 63.3 Å². The van der Waals surface area contributed by atoms with E-state index in [0.717, 1.165) is 20.8 Å². The molecule has 2 heterocycles. The summed E-state index contributed by atoms with van der Waals surface area (Å²) in [5, 5.41) is 0.730. The van der Waals surface area contributed by atoms with Crippen LogP contribution in [-0.2, 0) is 10.3 Å². The fourth-order valence-corrected chi connectivity index (χ4v) is 2.23. The van der Waals surface area contributed by atoms with Crippen LogP contribution < -0.4 is 0 Å². The molecule has 2 aromatic rings. The Morgan fingerprint density at radius 3 is 2.41 bits per heavy atom. The Kier molecular flexibility index (Phi) is 2.69. The number of hydrogen-bond acceptors (Lipinski definition) is 2. The van der Waals surface area contributed by atoms with Gasteiger partial charge in [-0.15, -0.1) is 0 Å². The number of epoxide rings is 1. The van der Waals surface area contributed by atoms with E-state index >= 15 is 0 Å². The maximum atomic E-state index is 5.89. The van der Waals surface area contributed by atoms with E-state index in [4.69, 9.17) is 16.3 Å². The Morgan fingerprint density at radius 2 is 1.88 bits per heavy atom. The molecule has 0 radical (unpaired) electrons. The summed E-state index contributed by atoms with van der Waals surface area (Å²) < 4.78 is 6.59. The van der Waals surface area contributed by atoms with Gasteiger partial charge in [0.1, 0.15) is 0 Å². The van der Waals surface area contributed by atoms with Crippen molar-refractivity contribution >= 4 is 27.5 Å². The minimum Gasteiger partial charge on any atom is -0.358 e. The first kappa shape index (κ1) is 11.2. The molecule has 1 aromatic carbocycles. The summed E-state index contributed by atoms with van der Waals surface area (Å²) >= 11 is 9.26. The average Bonchev–Trinajstić information content (AvgIpc) is 3.12. The summed E-state index contributed by atoms with van der Waals surface area (Å²) in [6.45, 7) is 0.670. The molecule has 2 nitrogen and oxygen atoms in total. The number of halogens is 2. The Labute approximate surface area is 113 Å². The van der Waals surface area contributed by atoms with Crippen molar-refractivity contribution in [2.24, 2.45) is 0 Å². The zero-order chi connectivity index (χ0) is 11.9. The van der Waals surface area contributed by atoms with E-state index < -0.39 is 0 Å². The van der Waals surface area contributed by atoms with Crippen molar-refractivity contribution in [2.45, 2.75) is 5.60 Å². The highest BCUT2D eigenvalue weighted by Crippen LogP contribution is 2.44. The van der Waals surface area contributed by atoms with E-state index in [1.165, 1.54) is 0 Å². The fourth-order valence-electron chi connectivity index (χ4n) is 1.87. The summed E-state index contributed by atoms with van der Waals surface area (Å²) in [6.07, 6.45) is 1.79. The number of rotatable bonds is 2. The minimum atomic E-state index is -0.370. The van der Waals surface area contributed by atoms with Crippen LogP contribution in [0.3, 0.4) is 0 Å². The predicted octanol–water partition coefficient (Wildman–Crippen LogP) is 3.77. The van der Waals surface area contributed by atoms with Crippen molar-refractivity contribution in [1.29, 1.82) is 0 Å². The van der Waals surface area contributed by atoms with E-state index in [1.807, 2.05) is 36.4 Å². The molecule has 86 valence electrons. The summed E-state index contributed by atoms with van der Waals surface area (Å²) in [4.78, 5) is 4.41. The zero-order valence-corrected chi connectivity index (χ0v) is 11.2. The van der Waals surface area contributed by atoms with Crippen molar-refractivity contribution in [3.8, 4) is 0 Å². The van der Waals surface area contributed by atoms with Crippen molar-refractivity contribution in [1.82, 2.24) is 4.98 Å². The van der Waals surface area contributed by atoms with Crippen LogP contribution in [0.5, 0.6) is 0 Å². The van der Waals surface area contributed by atoms with Crippen molar-refractivity contribution in [3.63, 3.8) is 0 Å². The predicted molar refractivity (Wildman–Crippen MR) is 70.1 cm³/mol. The Bertz CT molecular complexity index is 487. The van der Waals surface area contributed by atoms with E-state index in [9.17, 15) is 0 Å². The van der Waals surface area contributed by atoms with Gasteiger partial charge in [-0.3, -0.25) is 4.98 Å². The van der Waals surface area contributed by atoms with Gasteiger partial charge < -0.3 is 4.74 Å². The number of hydrogen-bond donors (Lipinski definition) is 0. The maximum absolute atomic E-state index is 5.89. The Balaban J connectivity index is 2.01. The first-order valence-electron chi connectivity index (χ1n) is 5.23. The second kappa shape index (κ2) is 4.09. The van der Waals surface area contributed by atoms with Crippen LogP contribution in [0.15, 0.2) is 47.1 Å². The first-order chi connectivity index (χ1) is 8.21. The average molecular weight is 311 g/mol. The molecule has 0 N–H and O–H groups in total. The van der Waals surface area contributed by atoms with E-state index in [1.54, 1.807) is 6.20 Å². The molecule has 1 unspecified atom stereocenters. The van der Waals surface area contributed by atoms with Crippen molar-refractivity contribution in [2.75, 3.05) is 6.61 Å². The lowest BCUT2D eigenvalue weighted by Crippen LogP contribution is -2.12. The van der Waals surface area contributed by atoms with Crippen LogP contribution in [0.25, 0.3) is 0 Å². The molecule has 1 aromatic heterocycles. The molecule has 0 aliphatic carbocycles. The van der Waals surface area contributed by atoms with Gasteiger partial charge in [0.15, 0.2) is 5.60 Å². The van der Waals surface area contributed by atoms with Crippen molar-refractivity contribution < 1.29 is 4.74 Å². The maximum Gasteiger partial charge on any atom is 0.158 e.